The predicted octanol–water partition coefficient (Wildman–Crippen LogP) is 1.94. The van der Waals surface area contributed by atoms with Gasteiger partial charge >= 0.3 is 0 Å². The van der Waals surface area contributed by atoms with Crippen LogP contribution in [-0.4, -0.2) is 34.8 Å². The molecule has 18 heavy (non-hydrogen) atoms. The number of fused-ring (bicyclic) bond motifs is 3. The fourth-order valence-electron chi connectivity index (χ4n) is 3.32. The number of anilines is 1. The van der Waals surface area contributed by atoms with Crippen molar-refractivity contribution < 1.29 is 4.74 Å². The number of benzene rings is 1. The summed E-state index contributed by atoms with van der Waals surface area (Å²) in [5, 5.41) is 0. The molecule has 1 aromatic carbocycles. The summed E-state index contributed by atoms with van der Waals surface area (Å²) in [6.07, 6.45) is 2.46. The molecule has 0 aliphatic carbocycles. The fraction of sp³-hybridized carbons (Fsp3) is 0.500. The molecule has 0 saturated carbocycles. The van der Waals surface area contributed by atoms with Gasteiger partial charge in [-0.1, -0.05) is 12.1 Å². The second kappa shape index (κ2) is 3.72. The Hall–Kier alpha value is -1.55. The molecular weight excluding hydrogens is 226 g/mol. The Labute approximate surface area is 106 Å². The van der Waals surface area contributed by atoms with Crippen molar-refractivity contribution in [2.24, 2.45) is 7.05 Å². The minimum atomic E-state index is 0.513. The zero-order chi connectivity index (χ0) is 12.1. The fourth-order valence-corrected chi connectivity index (χ4v) is 3.32. The molecule has 2 aliphatic rings. The van der Waals surface area contributed by atoms with Crippen LogP contribution in [0.4, 0.5) is 5.95 Å². The lowest BCUT2D eigenvalue weighted by molar-refractivity contribution is 0.0895. The Morgan fingerprint density at radius 2 is 1.89 bits per heavy atom. The molecule has 2 saturated heterocycles. The third-order valence-corrected chi connectivity index (χ3v) is 4.23. The van der Waals surface area contributed by atoms with Crippen molar-refractivity contribution in [1.29, 1.82) is 0 Å². The van der Waals surface area contributed by atoms with Crippen LogP contribution in [0.15, 0.2) is 24.3 Å². The first kappa shape index (κ1) is 10.4. The Kier molecular flexibility index (Phi) is 2.14. The largest absolute Gasteiger partial charge is 0.377 e. The second-order valence-electron chi connectivity index (χ2n) is 5.29. The molecule has 4 nitrogen and oxygen atoms in total. The molecule has 0 radical (unpaired) electrons. The Morgan fingerprint density at radius 1 is 1.17 bits per heavy atom. The predicted molar refractivity (Wildman–Crippen MR) is 70.8 cm³/mol. The molecule has 4 rings (SSSR count). The van der Waals surface area contributed by atoms with Crippen molar-refractivity contribution in [3.05, 3.63) is 24.3 Å². The molecule has 2 fully saturated rings. The van der Waals surface area contributed by atoms with E-state index < -0.39 is 0 Å². The maximum atomic E-state index is 5.64. The lowest BCUT2D eigenvalue weighted by Crippen LogP contribution is -2.47. The number of imidazole rings is 1. The summed E-state index contributed by atoms with van der Waals surface area (Å²) in [6.45, 7) is 1.69. The second-order valence-corrected chi connectivity index (χ2v) is 5.29. The number of morpholine rings is 1. The number of ether oxygens (including phenoxy) is 1. The highest BCUT2D eigenvalue weighted by Crippen LogP contribution is 2.34. The summed E-state index contributed by atoms with van der Waals surface area (Å²) in [5.41, 5.74) is 2.29. The zero-order valence-corrected chi connectivity index (χ0v) is 10.5. The SMILES string of the molecule is Cn1c(N2C3CCC2COC3)nc2ccccc21. The van der Waals surface area contributed by atoms with Crippen LogP contribution in [0.3, 0.4) is 0 Å². The van der Waals surface area contributed by atoms with E-state index in [1.54, 1.807) is 0 Å². The van der Waals surface area contributed by atoms with Gasteiger partial charge in [0.05, 0.1) is 36.3 Å². The van der Waals surface area contributed by atoms with Crippen LogP contribution in [-0.2, 0) is 11.8 Å². The number of hydrogen-bond acceptors (Lipinski definition) is 3. The highest BCUT2D eigenvalue weighted by Gasteiger charge is 2.39. The Morgan fingerprint density at radius 3 is 2.61 bits per heavy atom. The summed E-state index contributed by atoms with van der Waals surface area (Å²) in [4.78, 5) is 7.29. The lowest BCUT2D eigenvalue weighted by atomic mass is 10.2. The zero-order valence-electron chi connectivity index (χ0n) is 10.5. The first-order valence-corrected chi connectivity index (χ1v) is 6.62. The van der Waals surface area contributed by atoms with Gasteiger partial charge in [-0.05, 0) is 25.0 Å². The maximum absolute atomic E-state index is 5.64. The van der Waals surface area contributed by atoms with Crippen molar-refractivity contribution in [1.82, 2.24) is 9.55 Å². The number of rotatable bonds is 1. The summed E-state index contributed by atoms with van der Waals surface area (Å²) in [6, 6.07) is 9.36. The van der Waals surface area contributed by atoms with Gasteiger partial charge in [-0.2, -0.15) is 0 Å². The molecule has 2 aliphatic heterocycles. The average Bonchev–Trinajstić information content (AvgIpc) is 2.84. The van der Waals surface area contributed by atoms with Gasteiger partial charge in [0, 0.05) is 7.05 Å². The third kappa shape index (κ3) is 1.32. The molecule has 2 unspecified atom stereocenters. The maximum Gasteiger partial charge on any atom is 0.206 e. The Balaban J connectivity index is 1.85. The van der Waals surface area contributed by atoms with Gasteiger partial charge in [0.25, 0.3) is 0 Å². The van der Waals surface area contributed by atoms with E-state index in [4.69, 9.17) is 9.72 Å². The molecule has 0 spiro atoms. The molecule has 3 heterocycles. The van der Waals surface area contributed by atoms with Crippen LogP contribution in [0, 0.1) is 0 Å². The van der Waals surface area contributed by atoms with Crippen LogP contribution in [0.5, 0.6) is 0 Å². The minimum Gasteiger partial charge on any atom is -0.377 e. The number of aryl methyl sites for hydroxylation is 1. The van der Waals surface area contributed by atoms with Crippen LogP contribution in [0.1, 0.15) is 12.8 Å². The van der Waals surface area contributed by atoms with Crippen LogP contribution in [0.25, 0.3) is 11.0 Å². The van der Waals surface area contributed by atoms with Crippen LogP contribution >= 0.6 is 0 Å². The molecule has 0 N–H and O–H groups in total. The third-order valence-electron chi connectivity index (χ3n) is 4.23. The summed E-state index contributed by atoms with van der Waals surface area (Å²) >= 11 is 0. The van der Waals surface area contributed by atoms with Crippen LogP contribution < -0.4 is 4.90 Å². The van der Waals surface area contributed by atoms with E-state index in [0.717, 1.165) is 24.7 Å². The van der Waals surface area contributed by atoms with Gasteiger partial charge in [-0.25, -0.2) is 4.98 Å². The van der Waals surface area contributed by atoms with Crippen molar-refractivity contribution >= 4 is 17.0 Å². The van der Waals surface area contributed by atoms with E-state index in [9.17, 15) is 0 Å². The standard InChI is InChI=1S/C14H17N3O/c1-16-13-5-3-2-4-12(13)15-14(16)17-10-6-7-11(17)9-18-8-10/h2-5,10-11H,6-9H2,1H3. The molecule has 2 atom stereocenters. The summed E-state index contributed by atoms with van der Waals surface area (Å²) < 4.78 is 7.86. The van der Waals surface area contributed by atoms with Gasteiger partial charge in [-0.3, -0.25) is 0 Å². The van der Waals surface area contributed by atoms with E-state index in [1.165, 1.54) is 18.4 Å². The van der Waals surface area contributed by atoms with Crippen LogP contribution in [0.2, 0.25) is 0 Å². The monoisotopic (exact) mass is 243 g/mol. The first-order chi connectivity index (χ1) is 8.84. The number of hydrogen-bond donors (Lipinski definition) is 0. The molecule has 2 bridgehead atoms. The lowest BCUT2D eigenvalue weighted by Gasteiger charge is -2.35. The van der Waals surface area contributed by atoms with Crippen molar-refractivity contribution in [2.45, 2.75) is 24.9 Å². The molecule has 2 aromatic rings. The van der Waals surface area contributed by atoms with E-state index >= 15 is 0 Å². The van der Waals surface area contributed by atoms with Gasteiger partial charge in [0.1, 0.15) is 0 Å². The number of aromatic nitrogens is 2. The highest BCUT2D eigenvalue weighted by atomic mass is 16.5. The van der Waals surface area contributed by atoms with Gasteiger partial charge in [0.15, 0.2) is 0 Å². The molecule has 94 valence electrons. The van der Waals surface area contributed by atoms with Crippen molar-refractivity contribution in [3.63, 3.8) is 0 Å². The molecule has 0 amide bonds. The van der Waals surface area contributed by atoms with E-state index in [-0.39, 0.29) is 0 Å². The summed E-state index contributed by atoms with van der Waals surface area (Å²) in [5.74, 6) is 1.10. The quantitative estimate of drug-likeness (QED) is 0.767. The first-order valence-electron chi connectivity index (χ1n) is 6.62. The molecule has 4 heteroatoms. The minimum absolute atomic E-state index is 0.513. The van der Waals surface area contributed by atoms with E-state index in [0.29, 0.717) is 12.1 Å². The van der Waals surface area contributed by atoms with Crippen molar-refractivity contribution in [2.75, 3.05) is 18.1 Å². The van der Waals surface area contributed by atoms with Crippen molar-refractivity contribution in [3.8, 4) is 0 Å². The highest BCUT2D eigenvalue weighted by molar-refractivity contribution is 5.78. The number of nitrogens with zero attached hydrogens (tertiary/aromatic N) is 3. The van der Waals surface area contributed by atoms with E-state index in [1.807, 2.05) is 6.07 Å². The average molecular weight is 243 g/mol. The summed E-state index contributed by atoms with van der Waals surface area (Å²) in [7, 11) is 2.11. The van der Waals surface area contributed by atoms with Gasteiger partial charge < -0.3 is 14.2 Å². The van der Waals surface area contributed by atoms with Gasteiger partial charge in [0.2, 0.25) is 5.95 Å². The smallest absolute Gasteiger partial charge is 0.206 e. The van der Waals surface area contributed by atoms with E-state index in [2.05, 4.69) is 34.7 Å². The normalized spacial score (nSPS) is 27.1. The van der Waals surface area contributed by atoms with Gasteiger partial charge in [-0.15, -0.1) is 0 Å². The Bertz CT molecular complexity index is 576. The molecular formula is C14H17N3O. The molecule has 1 aromatic heterocycles. The topological polar surface area (TPSA) is 30.3 Å². The number of para-hydroxylation sites is 2.